The van der Waals surface area contributed by atoms with Crippen molar-refractivity contribution in [3.8, 4) is 0 Å². The third kappa shape index (κ3) is 6.26. The maximum Gasteiger partial charge on any atom is 0.0717 e. The first-order valence-electron chi connectivity index (χ1n) is 5.71. The van der Waals surface area contributed by atoms with Gasteiger partial charge in [-0.05, 0) is 30.2 Å². The highest BCUT2D eigenvalue weighted by Crippen LogP contribution is 2.12. The van der Waals surface area contributed by atoms with Crippen LogP contribution in [0.3, 0.4) is 0 Å². The summed E-state index contributed by atoms with van der Waals surface area (Å²) in [5, 5.41) is 3.35. The summed E-state index contributed by atoms with van der Waals surface area (Å²) in [6.07, 6.45) is 0. The van der Waals surface area contributed by atoms with E-state index in [0.29, 0.717) is 12.5 Å². The van der Waals surface area contributed by atoms with Crippen molar-refractivity contribution < 1.29 is 4.74 Å². The molecule has 0 saturated heterocycles. The Hall–Kier alpha value is -0.380. The van der Waals surface area contributed by atoms with Crippen LogP contribution in [0.4, 0.5) is 0 Å². The van der Waals surface area contributed by atoms with Crippen LogP contribution in [-0.4, -0.2) is 19.7 Å². The molecule has 0 unspecified atom stereocenters. The van der Waals surface area contributed by atoms with Gasteiger partial charge in [0.2, 0.25) is 0 Å². The molecule has 0 spiro atoms. The largest absolute Gasteiger partial charge is 0.375 e. The minimum atomic E-state index is 0.683. The lowest BCUT2D eigenvalue weighted by Gasteiger charge is -2.08. The molecular formula is C13H20BrNO. The van der Waals surface area contributed by atoms with Crippen molar-refractivity contribution in [3.05, 3.63) is 34.3 Å². The van der Waals surface area contributed by atoms with Gasteiger partial charge in [0.05, 0.1) is 13.2 Å². The Kier molecular flexibility index (Phi) is 6.69. The molecule has 0 heterocycles. The van der Waals surface area contributed by atoms with E-state index in [1.165, 1.54) is 5.56 Å². The topological polar surface area (TPSA) is 21.3 Å². The van der Waals surface area contributed by atoms with Crippen LogP contribution in [0.2, 0.25) is 0 Å². The van der Waals surface area contributed by atoms with Gasteiger partial charge in [-0.1, -0.05) is 41.9 Å². The maximum atomic E-state index is 5.57. The summed E-state index contributed by atoms with van der Waals surface area (Å²) in [6.45, 7) is 7.83. The normalized spacial score (nSPS) is 11.0. The van der Waals surface area contributed by atoms with E-state index in [2.05, 4.69) is 47.2 Å². The minimum absolute atomic E-state index is 0.683. The molecule has 16 heavy (non-hydrogen) atoms. The standard InChI is InChI=1S/C13H20BrNO/c1-11(2)9-15-6-7-16-10-12-4-3-5-13(14)8-12/h3-5,8,11,15H,6-7,9-10H2,1-2H3. The lowest BCUT2D eigenvalue weighted by atomic mass is 10.2. The number of ether oxygens (including phenoxy) is 1. The van der Waals surface area contributed by atoms with Crippen molar-refractivity contribution in [1.82, 2.24) is 5.32 Å². The van der Waals surface area contributed by atoms with Gasteiger partial charge in [0, 0.05) is 11.0 Å². The van der Waals surface area contributed by atoms with Crippen LogP contribution in [0.15, 0.2) is 28.7 Å². The van der Waals surface area contributed by atoms with E-state index >= 15 is 0 Å². The molecule has 0 bridgehead atoms. The van der Waals surface area contributed by atoms with Crippen LogP contribution < -0.4 is 5.32 Å². The molecule has 0 fully saturated rings. The minimum Gasteiger partial charge on any atom is -0.375 e. The molecule has 0 aliphatic heterocycles. The zero-order chi connectivity index (χ0) is 11.8. The number of rotatable bonds is 7. The number of benzene rings is 1. The predicted molar refractivity (Wildman–Crippen MR) is 71.5 cm³/mol. The summed E-state index contributed by atoms with van der Waals surface area (Å²) in [4.78, 5) is 0. The number of hydrogen-bond acceptors (Lipinski definition) is 2. The second kappa shape index (κ2) is 7.82. The van der Waals surface area contributed by atoms with Crippen LogP contribution in [-0.2, 0) is 11.3 Å². The molecule has 2 nitrogen and oxygen atoms in total. The van der Waals surface area contributed by atoms with E-state index in [9.17, 15) is 0 Å². The average Bonchev–Trinajstić information content (AvgIpc) is 2.23. The lowest BCUT2D eigenvalue weighted by Crippen LogP contribution is -2.23. The first-order valence-corrected chi connectivity index (χ1v) is 6.50. The summed E-state index contributed by atoms with van der Waals surface area (Å²) in [7, 11) is 0. The molecule has 1 aromatic rings. The first-order chi connectivity index (χ1) is 7.68. The quantitative estimate of drug-likeness (QED) is 0.777. The Bertz CT molecular complexity index is 302. The van der Waals surface area contributed by atoms with Crippen molar-refractivity contribution in [3.63, 3.8) is 0 Å². The Morgan fingerprint density at radius 1 is 1.38 bits per heavy atom. The van der Waals surface area contributed by atoms with Gasteiger partial charge in [-0.25, -0.2) is 0 Å². The smallest absolute Gasteiger partial charge is 0.0717 e. The second-order valence-electron chi connectivity index (χ2n) is 4.28. The van der Waals surface area contributed by atoms with Gasteiger partial charge in [0.25, 0.3) is 0 Å². The Morgan fingerprint density at radius 3 is 2.88 bits per heavy atom. The fourth-order valence-corrected chi connectivity index (χ4v) is 1.80. The summed E-state index contributed by atoms with van der Waals surface area (Å²) in [5.74, 6) is 0.699. The van der Waals surface area contributed by atoms with E-state index in [4.69, 9.17) is 4.74 Å². The predicted octanol–water partition coefficient (Wildman–Crippen LogP) is 3.21. The highest BCUT2D eigenvalue weighted by atomic mass is 79.9. The molecule has 90 valence electrons. The lowest BCUT2D eigenvalue weighted by molar-refractivity contribution is 0.122. The van der Waals surface area contributed by atoms with Gasteiger partial charge in [0.1, 0.15) is 0 Å². The molecule has 0 atom stereocenters. The molecule has 3 heteroatoms. The van der Waals surface area contributed by atoms with Crippen LogP contribution in [0.1, 0.15) is 19.4 Å². The summed E-state index contributed by atoms with van der Waals surface area (Å²) in [5.41, 5.74) is 1.21. The maximum absolute atomic E-state index is 5.57. The summed E-state index contributed by atoms with van der Waals surface area (Å²) in [6, 6.07) is 8.21. The van der Waals surface area contributed by atoms with Crippen LogP contribution >= 0.6 is 15.9 Å². The van der Waals surface area contributed by atoms with Crippen LogP contribution in [0.5, 0.6) is 0 Å². The molecule has 0 saturated carbocycles. The third-order valence-corrected chi connectivity index (χ3v) is 2.63. The fourth-order valence-electron chi connectivity index (χ4n) is 1.35. The van der Waals surface area contributed by atoms with Crippen LogP contribution in [0, 0.1) is 5.92 Å². The van der Waals surface area contributed by atoms with Gasteiger partial charge in [0.15, 0.2) is 0 Å². The zero-order valence-electron chi connectivity index (χ0n) is 10.0. The SMILES string of the molecule is CC(C)CNCCOCc1cccc(Br)c1. The van der Waals surface area contributed by atoms with E-state index in [0.717, 1.165) is 24.2 Å². The molecule has 0 radical (unpaired) electrons. The van der Waals surface area contributed by atoms with Crippen molar-refractivity contribution in [2.75, 3.05) is 19.7 Å². The van der Waals surface area contributed by atoms with Crippen LogP contribution in [0.25, 0.3) is 0 Å². The van der Waals surface area contributed by atoms with E-state index in [-0.39, 0.29) is 0 Å². The van der Waals surface area contributed by atoms with Gasteiger partial charge >= 0.3 is 0 Å². The molecule has 0 aliphatic carbocycles. The highest BCUT2D eigenvalue weighted by Gasteiger charge is 1.95. The first kappa shape index (κ1) is 13.7. The van der Waals surface area contributed by atoms with Gasteiger partial charge in [-0.3, -0.25) is 0 Å². The second-order valence-corrected chi connectivity index (χ2v) is 5.20. The van der Waals surface area contributed by atoms with E-state index < -0.39 is 0 Å². The molecule has 1 rings (SSSR count). The fraction of sp³-hybridized carbons (Fsp3) is 0.538. The van der Waals surface area contributed by atoms with Crippen molar-refractivity contribution in [2.24, 2.45) is 5.92 Å². The summed E-state index contributed by atoms with van der Waals surface area (Å²) >= 11 is 3.44. The highest BCUT2D eigenvalue weighted by molar-refractivity contribution is 9.10. The van der Waals surface area contributed by atoms with Crippen molar-refractivity contribution in [2.45, 2.75) is 20.5 Å². The van der Waals surface area contributed by atoms with Crippen molar-refractivity contribution >= 4 is 15.9 Å². The van der Waals surface area contributed by atoms with Gasteiger partial charge in [-0.2, -0.15) is 0 Å². The average molecular weight is 286 g/mol. The monoisotopic (exact) mass is 285 g/mol. The van der Waals surface area contributed by atoms with Gasteiger partial charge in [-0.15, -0.1) is 0 Å². The van der Waals surface area contributed by atoms with E-state index in [1.807, 2.05) is 12.1 Å². The number of halogens is 1. The van der Waals surface area contributed by atoms with Crippen molar-refractivity contribution in [1.29, 1.82) is 0 Å². The zero-order valence-corrected chi connectivity index (χ0v) is 11.6. The Balaban J connectivity index is 2.07. The number of nitrogens with one attached hydrogen (secondary N) is 1. The summed E-state index contributed by atoms with van der Waals surface area (Å²) < 4.78 is 6.68. The molecule has 1 N–H and O–H groups in total. The molecular weight excluding hydrogens is 266 g/mol. The third-order valence-electron chi connectivity index (χ3n) is 2.13. The Labute approximate surface area is 107 Å². The molecule has 0 aliphatic rings. The molecule has 0 amide bonds. The molecule has 0 aromatic heterocycles. The Morgan fingerprint density at radius 2 is 2.19 bits per heavy atom. The molecule has 1 aromatic carbocycles. The number of hydrogen-bond donors (Lipinski definition) is 1. The van der Waals surface area contributed by atoms with Gasteiger partial charge < -0.3 is 10.1 Å². The van der Waals surface area contributed by atoms with E-state index in [1.54, 1.807) is 0 Å².